The van der Waals surface area contributed by atoms with Crippen molar-refractivity contribution in [2.45, 2.75) is 91.2 Å². The largest absolute Gasteiger partial charge is 0.507 e. The number of anilines is 1. The van der Waals surface area contributed by atoms with Crippen molar-refractivity contribution < 1.29 is 58.4 Å². The molecule has 16 heteroatoms. The number of carbonyl (C=O) groups excluding carboxylic acids is 2. The third kappa shape index (κ3) is 8.52. The third-order valence-electron chi connectivity index (χ3n) is 13.6. The van der Waals surface area contributed by atoms with Crippen LogP contribution in [-0.2, 0) is 28.5 Å². The average molecular weight is 865 g/mol. The molecule has 6 aliphatic rings. The molecule has 2 aromatic carbocycles. The number of aliphatic hydroxyl groups excluding tert-OH is 1. The first-order valence-electron chi connectivity index (χ1n) is 21.3. The number of rotatable bonds is 7. The Morgan fingerprint density at radius 1 is 0.935 bits per heavy atom. The number of hydrogen-bond acceptors (Lipinski definition) is 15. The summed E-state index contributed by atoms with van der Waals surface area (Å²) in [6.07, 6.45) is 7.33. The Morgan fingerprint density at radius 3 is 2.26 bits per heavy atom. The number of allylic oxidation sites excluding steroid dienone is 2. The lowest BCUT2D eigenvalue weighted by atomic mass is 9.70. The molecule has 6 aliphatic heterocycles. The average Bonchev–Trinajstić information content (AvgIpc) is 3.52. The van der Waals surface area contributed by atoms with Gasteiger partial charge in [0.1, 0.15) is 17.2 Å². The number of phenols is 3. The normalized spacial score (nSPS) is 32.5. The molecule has 10 unspecified atom stereocenters. The Bertz CT molecular complexity index is 2150. The summed E-state index contributed by atoms with van der Waals surface area (Å²) in [5.41, 5.74) is -0.808. The summed E-state index contributed by atoms with van der Waals surface area (Å²) >= 11 is 0. The van der Waals surface area contributed by atoms with Gasteiger partial charge in [0.2, 0.25) is 0 Å². The smallest absolute Gasteiger partial charge is 0.312 e. The zero-order chi connectivity index (χ0) is 45.4. The molecule has 7 bridgehead atoms. The zero-order valence-electron chi connectivity index (χ0n) is 37.7. The van der Waals surface area contributed by atoms with Gasteiger partial charge in [-0.05, 0) is 26.8 Å². The number of methoxy groups -OCH3 is 3. The van der Waals surface area contributed by atoms with Gasteiger partial charge >= 0.3 is 5.79 Å². The van der Waals surface area contributed by atoms with E-state index < -0.39 is 58.6 Å². The summed E-state index contributed by atoms with van der Waals surface area (Å²) in [5.74, 6) is -5.87. The van der Waals surface area contributed by atoms with Crippen molar-refractivity contribution in [3.05, 3.63) is 52.8 Å². The molecule has 8 rings (SSSR count). The highest BCUT2D eigenvalue weighted by Gasteiger charge is 2.53. The summed E-state index contributed by atoms with van der Waals surface area (Å²) in [6.45, 7) is 18.2. The van der Waals surface area contributed by atoms with Gasteiger partial charge in [0, 0.05) is 101 Å². The Kier molecular flexibility index (Phi) is 14.0. The van der Waals surface area contributed by atoms with Gasteiger partial charge < -0.3 is 54.2 Å². The SMILES string of the molecule is COCCN1CCN(N=Cc2c3c(O)c4c(O)c(C)c5c(c4c2O)C(=O)C(C)(OC=CC(OC)C(C)C(OC)C(C)C(O)C(C)C2OC(C)(C=CC=C(C)C(=O)N3)C2C)O5)CC1. The molecule has 0 aromatic heterocycles. The molecule has 6 heterocycles. The highest BCUT2D eigenvalue weighted by Crippen LogP contribution is 2.55. The number of amides is 1. The molecule has 0 aliphatic carbocycles. The Morgan fingerprint density at radius 2 is 1.63 bits per heavy atom. The number of ether oxygens (including phenoxy) is 6. The molecule has 1 amide bonds. The number of hydrogen-bond donors (Lipinski definition) is 5. The molecule has 2 aromatic rings. The topological polar surface area (TPSA) is 201 Å². The van der Waals surface area contributed by atoms with E-state index in [0.29, 0.717) is 32.8 Å². The molecular weight excluding hydrogens is 801 g/mol. The number of phenolic OH excluding ortho intramolecular Hbond substituents is 3. The predicted molar refractivity (Wildman–Crippen MR) is 234 cm³/mol. The van der Waals surface area contributed by atoms with Gasteiger partial charge in [-0.15, -0.1) is 0 Å². The van der Waals surface area contributed by atoms with Crippen molar-refractivity contribution in [3.8, 4) is 23.0 Å². The van der Waals surface area contributed by atoms with E-state index >= 15 is 0 Å². The molecule has 0 radical (unpaired) electrons. The minimum atomic E-state index is -1.98. The van der Waals surface area contributed by atoms with Crippen LogP contribution in [0.2, 0.25) is 0 Å². The van der Waals surface area contributed by atoms with Gasteiger partial charge in [-0.1, -0.05) is 45.9 Å². The summed E-state index contributed by atoms with van der Waals surface area (Å²) in [5, 5.41) is 56.3. The predicted octanol–water partition coefficient (Wildman–Crippen LogP) is 5.23. The molecule has 16 nitrogen and oxygen atoms in total. The molecule has 2 saturated heterocycles. The van der Waals surface area contributed by atoms with Crippen molar-refractivity contribution in [3.63, 3.8) is 0 Å². The first-order valence-corrected chi connectivity index (χ1v) is 21.3. The second-order valence-electron chi connectivity index (χ2n) is 17.5. The Labute approximate surface area is 363 Å². The summed E-state index contributed by atoms with van der Waals surface area (Å²) in [6, 6.07) is 0. The van der Waals surface area contributed by atoms with Crippen LogP contribution in [0.15, 0.2) is 41.2 Å². The van der Waals surface area contributed by atoms with E-state index in [-0.39, 0.29) is 74.2 Å². The molecule has 2 fully saturated rings. The first kappa shape index (κ1) is 46.8. The molecule has 0 spiro atoms. The quantitative estimate of drug-likeness (QED) is 0.138. The number of piperazine rings is 1. The molecule has 62 heavy (non-hydrogen) atoms. The van der Waals surface area contributed by atoms with E-state index in [4.69, 9.17) is 28.4 Å². The molecule has 5 N–H and O–H groups in total. The summed E-state index contributed by atoms with van der Waals surface area (Å²) in [4.78, 5) is 30.6. The number of Topliss-reactive ketones (excluding diaryl/α,β-unsaturated/α-hetero) is 1. The van der Waals surface area contributed by atoms with Crippen LogP contribution in [0, 0.1) is 30.6 Å². The number of benzene rings is 2. The van der Waals surface area contributed by atoms with E-state index in [9.17, 15) is 30.0 Å². The molecule has 10 atom stereocenters. The maximum Gasteiger partial charge on any atom is 0.312 e. The molecule has 340 valence electrons. The number of nitrogens with one attached hydrogen (secondary N) is 1. The van der Waals surface area contributed by atoms with Crippen LogP contribution >= 0.6 is 0 Å². The van der Waals surface area contributed by atoms with E-state index in [2.05, 4.69) is 22.2 Å². The van der Waals surface area contributed by atoms with Gasteiger partial charge in [-0.25, -0.2) is 0 Å². The second kappa shape index (κ2) is 18.6. The van der Waals surface area contributed by atoms with Crippen molar-refractivity contribution in [2.75, 3.05) is 66.0 Å². The van der Waals surface area contributed by atoms with Crippen LogP contribution in [-0.4, -0.2) is 145 Å². The van der Waals surface area contributed by atoms with Gasteiger partial charge in [0.15, 0.2) is 5.75 Å². The van der Waals surface area contributed by atoms with Crippen molar-refractivity contribution in [1.82, 2.24) is 9.91 Å². The fourth-order valence-electron chi connectivity index (χ4n) is 9.25. The number of nitrogens with zero attached hydrogens (tertiary/aromatic N) is 3. The van der Waals surface area contributed by atoms with Crippen LogP contribution in [0.5, 0.6) is 23.0 Å². The number of hydrazone groups is 1. The Balaban J connectivity index is 1.47. The maximum atomic E-state index is 14.5. The van der Waals surface area contributed by atoms with Crippen LogP contribution in [0.1, 0.15) is 70.0 Å². The second-order valence-corrected chi connectivity index (χ2v) is 17.5. The number of aromatic hydroxyl groups is 3. The highest BCUT2D eigenvalue weighted by atomic mass is 16.7. The van der Waals surface area contributed by atoms with Crippen LogP contribution in [0.25, 0.3) is 10.8 Å². The standard InChI is InChI=1S/C46H64N4O12/c1-24-13-12-15-45(7)29(6)41(61-45)27(4)36(51)26(3)40(59-11)25(2)31(58-10)14-21-60-46(8)43(55)34-32-33(37(52)28(5)42(34)62-46)39(54)35(48-44(24)56)30(38(32)53)23-47-50-18-16-49(17-19-50)20-22-57-9/h12-15,21,23,25-27,29,31,36,40-41,51-54H,16-20,22H2,1-11H3,(H,48,56). The van der Waals surface area contributed by atoms with E-state index in [0.717, 1.165) is 6.54 Å². The monoisotopic (exact) mass is 864 g/mol. The lowest BCUT2D eigenvalue weighted by Crippen LogP contribution is -2.60. The van der Waals surface area contributed by atoms with Crippen LogP contribution in [0.4, 0.5) is 5.69 Å². The summed E-state index contributed by atoms with van der Waals surface area (Å²) in [7, 11) is 4.78. The van der Waals surface area contributed by atoms with Gasteiger partial charge in [-0.3, -0.25) is 19.5 Å². The van der Waals surface area contributed by atoms with Crippen LogP contribution in [0.3, 0.4) is 0 Å². The number of ketones is 1. The molecule has 0 saturated carbocycles. The Hall–Kier alpha value is -4.71. The van der Waals surface area contributed by atoms with Gasteiger partial charge in [0.25, 0.3) is 11.7 Å². The zero-order valence-corrected chi connectivity index (χ0v) is 37.7. The minimum Gasteiger partial charge on any atom is -0.507 e. The van der Waals surface area contributed by atoms with E-state index in [1.165, 1.54) is 33.4 Å². The lowest BCUT2D eigenvalue weighted by Gasteiger charge is -2.54. The van der Waals surface area contributed by atoms with Gasteiger partial charge in [-0.2, -0.15) is 5.10 Å². The van der Waals surface area contributed by atoms with Crippen LogP contribution < -0.4 is 10.1 Å². The maximum absolute atomic E-state index is 14.5. The molecular formula is C46H64N4O12. The fourth-order valence-corrected chi connectivity index (χ4v) is 9.25. The van der Waals surface area contributed by atoms with E-state index in [1.807, 2.05) is 33.8 Å². The van der Waals surface area contributed by atoms with Gasteiger partial charge in [0.05, 0.1) is 71.3 Å². The van der Waals surface area contributed by atoms with E-state index in [1.54, 1.807) is 44.4 Å². The third-order valence-corrected chi connectivity index (χ3v) is 13.6. The highest BCUT2D eigenvalue weighted by molar-refractivity contribution is 6.23. The minimum absolute atomic E-state index is 0.00452. The van der Waals surface area contributed by atoms with Crippen molar-refractivity contribution in [2.24, 2.45) is 28.8 Å². The van der Waals surface area contributed by atoms with Crippen molar-refractivity contribution >= 4 is 34.4 Å². The first-order chi connectivity index (χ1) is 29.3. The lowest BCUT2D eigenvalue weighted by molar-refractivity contribution is -0.251. The number of aliphatic hydroxyl groups is 1. The summed E-state index contributed by atoms with van der Waals surface area (Å²) < 4.78 is 35.7. The number of carbonyl (C=O) groups is 2. The van der Waals surface area contributed by atoms with Crippen molar-refractivity contribution in [1.29, 1.82) is 0 Å². The fraction of sp³-hybridized carbons (Fsp3) is 0.587.